The van der Waals surface area contributed by atoms with Crippen LogP contribution >= 0.6 is 23.2 Å². The molecule has 1 heterocycles. The molecule has 1 fully saturated rings. The van der Waals surface area contributed by atoms with Gasteiger partial charge in [0.05, 0.1) is 15.6 Å². The number of halogens is 3. The van der Waals surface area contributed by atoms with Gasteiger partial charge in [-0.2, -0.15) is 0 Å². The molecule has 0 saturated carbocycles. The maximum Gasteiger partial charge on any atom is 0.255 e. The first-order chi connectivity index (χ1) is 16.8. The van der Waals surface area contributed by atoms with Crippen molar-refractivity contribution in [3.05, 3.63) is 93.7 Å². The first-order valence-electron chi connectivity index (χ1n) is 11.2. The Morgan fingerprint density at radius 2 is 1.34 bits per heavy atom. The van der Waals surface area contributed by atoms with Crippen LogP contribution in [0.4, 0.5) is 4.39 Å². The number of amides is 2. The van der Waals surface area contributed by atoms with E-state index in [4.69, 9.17) is 23.2 Å². The van der Waals surface area contributed by atoms with Gasteiger partial charge in [0.25, 0.3) is 5.91 Å². The fraction of sp³-hybridized carbons (Fsp3) is 0.222. The van der Waals surface area contributed by atoms with Gasteiger partial charge in [-0.1, -0.05) is 77.8 Å². The fourth-order valence-electron chi connectivity index (χ4n) is 4.02. The molecule has 0 atom stereocenters. The number of rotatable bonds is 6. The average molecular weight is 513 g/mol. The van der Waals surface area contributed by atoms with Gasteiger partial charge in [-0.05, 0) is 23.3 Å². The van der Waals surface area contributed by atoms with Crippen molar-refractivity contribution in [3.8, 4) is 11.1 Å². The number of benzene rings is 3. The van der Waals surface area contributed by atoms with Crippen molar-refractivity contribution >= 4 is 40.8 Å². The summed E-state index contributed by atoms with van der Waals surface area (Å²) < 4.78 is 13.8. The van der Waals surface area contributed by atoms with E-state index in [1.165, 1.54) is 11.0 Å². The molecule has 4 rings (SSSR count). The van der Waals surface area contributed by atoms with Crippen LogP contribution in [0.1, 0.15) is 33.6 Å². The zero-order chi connectivity index (χ0) is 24.9. The molecule has 0 spiro atoms. The Morgan fingerprint density at radius 1 is 0.743 bits per heavy atom. The van der Waals surface area contributed by atoms with Gasteiger partial charge in [0.15, 0.2) is 5.78 Å². The van der Waals surface area contributed by atoms with Crippen molar-refractivity contribution in [1.82, 2.24) is 9.80 Å². The Morgan fingerprint density at radius 3 is 2.00 bits per heavy atom. The Kier molecular flexibility index (Phi) is 7.83. The normalized spacial score (nSPS) is 13.6. The predicted molar refractivity (Wildman–Crippen MR) is 134 cm³/mol. The molecular weight excluding hydrogens is 490 g/mol. The number of Topliss-reactive ketones (excluding diaryl/α,β-unsaturated/α-hetero) is 1. The number of piperazine rings is 1. The molecule has 0 aliphatic carbocycles. The molecule has 0 aromatic heterocycles. The Hall–Kier alpha value is -3.22. The van der Waals surface area contributed by atoms with Crippen molar-refractivity contribution in [3.63, 3.8) is 0 Å². The van der Waals surface area contributed by atoms with Crippen LogP contribution in [0.5, 0.6) is 0 Å². The van der Waals surface area contributed by atoms with Crippen molar-refractivity contribution < 1.29 is 18.8 Å². The third kappa shape index (κ3) is 5.89. The van der Waals surface area contributed by atoms with Gasteiger partial charge < -0.3 is 9.80 Å². The maximum absolute atomic E-state index is 13.8. The summed E-state index contributed by atoms with van der Waals surface area (Å²) in [6, 6.07) is 19.5. The average Bonchev–Trinajstić information content (AvgIpc) is 2.89. The van der Waals surface area contributed by atoms with Crippen molar-refractivity contribution in [2.45, 2.75) is 12.8 Å². The van der Waals surface area contributed by atoms with Gasteiger partial charge in [0.2, 0.25) is 5.91 Å². The van der Waals surface area contributed by atoms with E-state index >= 15 is 0 Å². The zero-order valence-electron chi connectivity index (χ0n) is 18.8. The topological polar surface area (TPSA) is 57.7 Å². The minimum Gasteiger partial charge on any atom is -0.339 e. The van der Waals surface area contributed by atoms with Gasteiger partial charge >= 0.3 is 0 Å². The van der Waals surface area contributed by atoms with E-state index in [1.807, 2.05) is 42.5 Å². The number of hydrogen-bond acceptors (Lipinski definition) is 3. The second-order valence-electron chi connectivity index (χ2n) is 8.29. The number of ketones is 1. The van der Waals surface area contributed by atoms with Gasteiger partial charge in [0, 0.05) is 44.6 Å². The number of carbonyl (C=O) groups excluding carboxylic acids is 3. The fourth-order valence-corrected chi connectivity index (χ4v) is 4.48. The monoisotopic (exact) mass is 512 g/mol. The Balaban J connectivity index is 1.27. The second kappa shape index (κ2) is 11.0. The van der Waals surface area contributed by atoms with E-state index in [1.54, 1.807) is 17.0 Å². The van der Waals surface area contributed by atoms with E-state index in [0.29, 0.717) is 31.7 Å². The van der Waals surface area contributed by atoms with Gasteiger partial charge in [0.1, 0.15) is 5.82 Å². The van der Waals surface area contributed by atoms with Crippen molar-refractivity contribution in [1.29, 1.82) is 0 Å². The van der Waals surface area contributed by atoms with Crippen LogP contribution in [0.2, 0.25) is 10.0 Å². The van der Waals surface area contributed by atoms with Gasteiger partial charge in [-0.15, -0.1) is 0 Å². The third-order valence-electron chi connectivity index (χ3n) is 6.04. The van der Waals surface area contributed by atoms with E-state index in [2.05, 4.69) is 0 Å². The molecule has 1 saturated heterocycles. The van der Waals surface area contributed by atoms with Crippen LogP contribution in [0.3, 0.4) is 0 Å². The molecule has 3 aromatic carbocycles. The zero-order valence-corrected chi connectivity index (χ0v) is 20.4. The third-order valence-corrected chi connectivity index (χ3v) is 6.64. The highest BCUT2D eigenvalue weighted by molar-refractivity contribution is 6.36. The molecule has 8 heteroatoms. The summed E-state index contributed by atoms with van der Waals surface area (Å²) in [7, 11) is 0. The molecule has 3 aromatic rings. The first kappa shape index (κ1) is 24.9. The second-order valence-corrected chi connectivity index (χ2v) is 9.10. The molecule has 0 bridgehead atoms. The SMILES string of the molecule is O=C(CCC(=O)N1CCN(C(=O)c2cc(F)c(Cl)cc2Cl)CC1)c1ccc(-c2ccccc2)cc1. The number of hydrogen-bond donors (Lipinski definition) is 0. The quantitative estimate of drug-likeness (QED) is 0.312. The molecule has 1 aliphatic rings. The molecule has 0 unspecified atom stereocenters. The lowest BCUT2D eigenvalue weighted by molar-refractivity contribution is -0.132. The summed E-state index contributed by atoms with van der Waals surface area (Å²) >= 11 is 11.8. The summed E-state index contributed by atoms with van der Waals surface area (Å²) in [5.41, 5.74) is 2.70. The van der Waals surface area contributed by atoms with Crippen LogP contribution in [0.25, 0.3) is 11.1 Å². The minimum atomic E-state index is -0.715. The molecule has 0 radical (unpaired) electrons. The van der Waals surface area contributed by atoms with E-state index in [0.717, 1.165) is 17.2 Å². The lowest BCUT2D eigenvalue weighted by Crippen LogP contribution is -2.50. The Labute approximate surface area is 213 Å². The summed E-state index contributed by atoms with van der Waals surface area (Å²) in [5.74, 6) is -1.35. The highest BCUT2D eigenvalue weighted by atomic mass is 35.5. The van der Waals surface area contributed by atoms with E-state index < -0.39 is 11.7 Å². The van der Waals surface area contributed by atoms with Crippen LogP contribution in [-0.4, -0.2) is 53.6 Å². The van der Waals surface area contributed by atoms with Gasteiger partial charge in [-0.3, -0.25) is 14.4 Å². The highest BCUT2D eigenvalue weighted by Gasteiger charge is 2.27. The summed E-state index contributed by atoms with van der Waals surface area (Å²) in [6.45, 7) is 1.25. The number of carbonyl (C=O) groups is 3. The summed E-state index contributed by atoms with van der Waals surface area (Å²) in [6.07, 6.45) is 0.212. The molecule has 0 N–H and O–H groups in total. The highest BCUT2D eigenvalue weighted by Crippen LogP contribution is 2.26. The van der Waals surface area contributed by atoms with Crippen LogP contribution in [0, 0.1) is 5.82 Å². The largest absolute Gasteiger partial charge is 0.339 e. The van der Waals surface area contributed by atoms with E-state index in [-0.39, 0.29) is 40.1 Å². The molecule has 35 heavy (non-hydrogen) atoms. The molecule has 180 valence electrons. The first-order valence-corrected chi connectivity index (χ1v) is 12.0. The van der Waals surface area contributed by atoms with Crippen molar-refractivity contribution in [2.75, 3.05) is 26.2 Å². The lowest BCUT2D eigenvalue weighted by Gasteiger charge is -2.35. The lowest BCUT2D eigenvalue weighted by atomic mass is 10.0. The molecule has 1 aliphatic heterocycles. The van der Waals surface area contributed by atoms with Crippen LogP contribution in [-0.2, 0) is 4.79 Å². The Bertz CT molecular complexity index is 1240. The maximum atomic E-state index is 13.8. The van der Waals surface area contributed by atoms with Gasteiger partial charge in [-0.25, -0.2) is 4.39 Å². The van der Waals surface area contributed by atoms with Crippen molar-refractivity contribution in [2.24, 2.45) is 0 Å². The summed E-state index contributed by atoms with van der Waals surface area (Å²) in [4.78, 5) is 41.1. The smallest absolute Gasteiger partial charge is 0.255 e. The van der Waals surface area contributed by atoms with Crippen LogP contribution in [0.15, 0.2) is 66.7 Å². The predicted octanol–water partition coefficient (Wildman–Crippen LogP) is 5.75. The molecular formula is C27H23Cl2FN2O3. The molecule has 5 nitrogen and oxygen atoms in total. The van der Waals surface area contributed by atoms with E-state index in [9.17, 15) is 18.8 Å². The minimum absolute atomic E-state index is 0.0391. The summed E-state index contributed by atoms with van der Waals surface area (Å²) in [5, 5.41) is -0.0705. The van der Waals surface area contributed by atoms with Crippen LogP contribution < -0.4 is 0 Å². The number of nitrogens with zero attached hydrogens (tertiary/aromatic N) is 2. The standard InChI is InChI=1S/C27H23Cl2FN2O3/c28-22-17-23(29)24(30)16-21(22)27(35)32-14-12-31(13-15-32)26(34)11-10-25(33)20-8-6-19(7-9-20)18-4-2-1-3-5-18/h1-9,16-17H,10-15H2. The molecule has 2 amide bonds.